The van der Waals surface area contributed by atoms with Crippen LogP contribution >= 0.6 is 0 Å². The molecule has 0 bridgehead atoms. The van der Waals surface area contributed by atoms with E-state index in [1.807, 2.05) is 6.92 Å². The van der Waals surface area contributed by atoms with Crippen molar-refractivity contribution in [3.63, 3.8) is 0 Å². The number of carboxylic acids is 1. The second-order valence-electron chi connectivity index (χ2n) is 5.91. The Morgan fingerprint density at radius 1 is 1.20 bits per heavy atom. The molecule has 0 saturated heterocycles. The lowest BCUT2D eigenvalue weighted by Gasteiger charge is -2.27. The first-order valence-corrected chi connectivity index (χ1v) is 6.36. The number of esters is 1. The van der Waals surface area contributed by atoms with Crippen LogP contribution in [-0.2, 0) is 19.9 Å². The number of carbonyl (C=O) groups is 2. The van der Waals surface area contributed by atoms with Gasteiger partial charge in [0.1, 0.15) is 5.60 Å². The number of rotatable bonds is 4. The van der Waals surface area contributed by atoms with Gasteiger partial charge in [-0.1, -0.05) is 29.8 Å². The molecule has 0 heterocycles. The van der Waals surface area contributed by atoms with Gasteiger partial charge in [0.25, 0.3) is 0 Å². The summed E-state index contributed by atoms with van der Waals surface area (Å²) >= 11 is 0. The first kappa shape index (κ1) is 16.2. The van der Waals surface area contributed by atoms with Crippen molar-refractivity contribution >= 4 is 11.9 Å². The minimum atomic E-state index is -1.78. The number of hydrogen-bond acceptors (Lipinski definition) is 4. The Balaban J connectivity index is 3.01. The van der Waals surface area contributed by atoms with Crippen LogP contribution in [0.25, 0.3) is 0 Å². The van der Waals surface area contributed by atoms with Gasteiger partial charge in [-0.25, -0.2) is 4.79 Å². The van der Waals surface area contributed by atoms with E-state index < -0.39 is 29.5 Å². The topological polar surface area (TPSA) is 89.6 Å². The number of nitrogens with two attached hydrogens (primary N) is 1. The van der Waals surface area contributed by atoms with Gasteiger partial charge in [0.2, 0.25) is 0 Å². The molecular formula is C15H21NO4. The summed E-state index contributed by atoms with van der Waals surface area (Å²) < 4.78 is 5.15. The average Bonchev–Trinajstić information content (AvgIpc) is 2.26. The van der Waals surface area contributed by atoms with Crippen LogP contribution in [0, 0.1) is 6.92 Å². The predicted molar refractivity (Wildman–Crippen MR) is 75.1 cm³/mol. The SMILES string of the molecule is Cc1ccc(C(N)(CC(=O)OC(C)(C)C)C(=O)O)cc1. The molecule has 0 saturated carbocycles. The van der Waals surface area contributed by atoms with Gasteiger partial charge in [0, 0.05) is 0 Å². The summed E-state index contributed by atoms with van der Waals surface area (Å²) in [4.78, 5) is 23.3. The highest BCUT2D eigenvalue weighted by Gasteiger charge is 2.39. The maximum atomic E-state index is 11.9. The lowest BCUT2D eigenvalue weighted by Crippen LogP contribution is -2.47. The normalized spacial score (nSPS) is 14.4. The van der Waals surface area contributed by atoms with Gasteiger partial charge >= 0.3 is 11.9 Å². The van der Waals surface area contributed by atoms with Gasteiger partial charge in [0.15, 0.2) is 5.54 Å². The van der Waals surface area contributed by atoms with E-state index in [-0.39, 0.29) is 0 Å². The fourth-order valence-electron chi connectivity index (χ4n) is 1.76. The lowest BCUT2D eigenvalue weighted by molar-refractivity contribution is -0.161. The number of ether oxygens (including phenoxy) is 1. The van der Waals surface area contributed by atoms with Crippen molar-refractivity contribution in [2.45, 2.75) is 45.3 Å². The van der Waals surface area contributed by atoms with E-state index in [1.165, 1.54) is 0 Å². The summed E-state index contributed by atoms with van der Waals surface area (Å²) in [6.07, 6.45) is -0.414. The standard InChI is InChI=1S/C15H21NO4/c1-10-5-7-11(8-6-10)15(16,13(18)19)9-12(17)20-14(2,3)4/h5-8H,9,16H2,1-4H3,(H,18,19). The van der Waals surface area contributed by atoms with Crippen molar-refractivity contribution in [3.8, 4) is 0 Å². The molecule has 0 radical (unpaired) electrons. The smallest absolute Gasteiger partial charge is 0.328 e. The molecule has 1 atom stereocenters. The third kappa shape index (κ3) is 4.06. The minimum absolute atomic E-state index is 0.376. The molecule has 1 unspecified atom stereocenters. The second kappa shape index (κ2) is 5.63. The molecule has 0 aliphatic heterocycles. The van der Waals surface area contributed by atoms with E-state index in [4.69, 9.17) is 10.5 Å². The first-order chi connectivity index (χ1) is 9.04. The van der Waals surface area contributed by atoms with Gasteiger partial charge < -0.3 is 15.6 Å². The summed E-state index contributed by atoms with van der Waals surface area (Å²) in [5.41, 5.74) is 4.83. The summed E-state index contributed by atoms with van der Waals surface area (Å²) in [5.74, 6) is -1.89. The zero-order chi connectivity index (χ0) is 15.6. The number of aliphatic carboxylic acids is 1. The Morgan fingerprint density at radius 3 is 2.10 bits per heavy atom. The molecule has 110 valence electrons. The molecule has 1 aromatic rings. The van der Waals surface area contributed by atoms with Crippen LogP contribution in [0.15, 0.2) is 24.3 Å². The van der Waals surface area contributed by atoms with Gasteiger partial charge in [-0.05, 0) is 33.3 Å². The van der Waals surface area contributed by atoms with E-state index in [2.05, 4.69) is 0 Å². The molecule has 0 spiro atoms. The number of carboxylic acid groups (broad SMARTS) is 1. The zero-order valence-electron chi connectivity index (χ0n) is 12.3. The van der Waals surface area contributed by atoms with Crippen LogP contribution in [0.2, 0.25) is 0 Å². The Kier molecular flexibility index (Phi) is 4.55. The van der Waals surface area contributed by atoms with Crippen LogP contribution in [0.5, 0.6) is 0 Å². The highest BCUT2D eigenvalue weighted by atomic mass is 16.6. The molecule has 0 fully saturated rings. The quantitative estimate of drug-likeness (QED) is 0.822. The molecule has 0 aromatic heterocycles. The van der Waals surface area contributed by atoms with Crippen molar-refractivity contribution < 1.29 is 19.4 Å². The fraction of sp³-hybridized carbons (Fsp3) is 0.467. The molecule has 0 aliphatic rings. The predicted octanol–water partition coefficient (Wildman–Crippen LogP) is 1.97. The molecule has 0 aliphatic carbocycles. The van der Waals surface area contributed by atoms with E-state index >= 15 is 0 Å². The molecule has 1 rings (SSSR count). The second-order valence-corrected chi connectivity index (χ2v) is 5.91. The summed E-state index contributed by atoms with van der Waals surface area (Å²) in [6, 6.07) is 6.76. The Morgan fingerprint density at radius 2 is 1.70 bits per heavy atom. The van der Waals surface area contributed by atoms with E-state index in [0.29, 0.717) is 5.56 Å². The summed E-state index contributed by atoms with van der Waals surface area (Å²) in [5, 5.41) is 9.37. The van der Waals surface area contributed by atoms with Crippen LogP contribution in [-0.4, -0.2) is 22.6 Å². The van der Waals surface area contributed by atoms with Crippen LogP contribution < -0.4 is 5.73 Å². The van der Waals surface area contributed by atoms with Crippen LogP contribution in [0.3, 0.4) is 0 Å². The third-order valence-corrected chi connectivity index (χ3v) is 2.79. The monoisotopic (exact) mass is 279 g/mol. The molecule has 20 heavy (non-hydrogen) atoms. The van der Waals surface area contributed by atoms with E-state index in [1.54, 1.807) is 45.0 Å². The minimum Gasteiger partial charge on any atom is -0.480 e. The summed E-state index contributed by atoms with van der Waals surface area (Å²) in [6.45, 7) is 7.04. The molecule has 5 nitrogen and oxygen atoms in total. The number of benzene rings is 1. The van der Waals surface area contributed by atoms with Crippen LogP contribution in [0.4, 0.5) is 0 Å². The van der Waals surface area contributed by atoms with Gasteiger partial charge in [-0.2, -0.15) is 0 Å². The van der Waals surface area contributed by atoms with Gasteiger partial charge in [-0.15, -0.1) is 0 Å². The molecule has 3 N–H and O–H groups in total. The van der Waals surface area contributed by atoms with Crippen molar-refractivity contribution in [1.82, 2.24) is 0 Å². The van der Waals surface area contributed by atoms with E-state index in [9.17, 15) is 14.7 Å². The Bertz CT molecular complexity index is 502. The number of aryl methyl sites for hydroxylation is 1. The van der Waals surface area contributed by atoms with Crippen molar-refractivity contribution in [2.24, 2.45) is 5.73 Å². The molecule has 0 amide bonds. The lowest BCUT2D eigenvalue weighted by atomic mass is 9.87. The molecule has 1 aromatic carbocycles. The van der Waals surface area contributed by atoms with Crippen molar-refractivity contribution in [1.29, 1.82) is 0 Å². The largest absolute Gasteiger partial charge is 0.480 e. The Hall–Kier alpha value is -1.88. The highest BCUT2D eigenvalue weighted by molar-refractivity contribution is 5.87. The Labute approximate surface area is 118 Å². The van der Waals surface area contributed by atoms with Crippen LogP contribution in [0.1, 0.15) is 38.3 Å². The van der Waals surface area contributed by atoms with Gasteiger partial charge in [0.05, 0.1) is 6.42 Å². The molecular weight excluding hydrogens is 258 g/mol. The molecule has 5 heteroatoms. The fourth-order valence-corrected chi connectivity index (χ4v) is 1.76. The van der Waals surface area contributed by atoms with Crippen molar-refractivity contribution in [3.05, 3.63) is 35.4 Å². The number of hydrogen-bond donors (Lipinski definition) is 2. The van der Waals surface area contributed by atoms with Crippen molar-refractivity contribution in [2.75, 3.05) is 0 Å². The van der Waals surface area contributed by atoms with E-state index in [0.717, 1.165) is 5.56 Å². The third-order valence-electron chi connectivity index (χ3n) is 2.79. The van der Waals surface area contributed by atoms with Gasteiger partial charge in [-0.3, -0.25) is 4.79 Å². The maximum absolute atomic E-state index is 11.9. The zero-order valence-corrected chi connectivity index (χ0v) is 12.3. The maximum Gasteiger partial charge on any atom is 0.328 e. The first-order valence-electron chi connectivity index (χ1n) is 6.36. The highest BCUT2D eigenvalue weighted by Crippen LogP contribution is 2.25. The summed E-state index contributed by atoms with van der Waals surface area (Å²) in [7, 11) is 0. The average molecular weight is 279 g/mol. The number of carbonyl (C=O) groups excluding carboxylic acids is 1.